The highest BCUT2D eigenvalue weighted by molar-refractivity contribution is 5.94. The number of H-pyrrole nitrogens is 1. The third kappa shape index (κ3) is 4.38. The SMILES string of the molecule is O=C(NCC#Cc1ccc(N2CCCCC2=O)cc1)c1cc(-c2ccco2)[nH]n1. The molecule has 3 heterocycles. The average molecular weight is 388 g/mol. The predicted octanol–water partition coefficient (Wildman–Crippen LogP) is 2.97. The number of benzene rings is 1. The lowest BCUT2D eigenvalue weighted by atomic mass is 10.1. The molecule has 0 saturated carbocycles. The second-order valence-corrected chi connectivity index (χ2v) is 6.68. The van der Waals surface area contributed by atoms with Crippen molar-refractivity contribution < 1.29 is 14.0 Å². The molecule has 0 aliphatic carbocycles. The van der Waals surface area contributed by atoms with Crippen LogP contribution in [0.4, 0.5) is 5.69 Å². The number of carbonyl (C=O) groups excluding carboxylic acids is 2. The van der Waals surface area contributed by atoms with Gasteiger partial charge in [-0.2, -0.15) is 5.10 Å². The number of aromatic nitrogens is 2. The molecule has 4 rings (SSSR count). The molecule has 7 heteroatoms. The molecule has 0 unspecified atom stereocenters. The van der Waals surface area contributed by atoms with Crippen LogP contribution in [0.1, 0.15) is 35.3 Å². The van der Waals surface area contributed by atoms with Crippen LogP contribution >= 0.6 is 0 Å². The maximum Gasteiger partial charge on any atom is 0.272 e. The fraction of sp³-hybridized carbons (Fsp3) is 0.227. The van der Waals surface area contributed by atoms with Crippen molar-refractivity contribution >= 4 is 17.5 Å². The van der Waals surface area contributed by atoms with Crippen LogP contribution in [0, 0.1) is 11.8 Å². The summed E-state index contributed by atoms with van der Waals surface area (Å²) in [5.74, 6) is 6.41. The number of piperidine rings is 1. The summed E-state index contributed by atoms with van der Waals surface area (Å²) < 4.78 is 5.27. The number of anilines is 1. The molecule has 0 spiro atoms. The molecule has 1 fully saturated rings. The van der Waals surface area contributed by atoms with Crippen molar-refractivity contribution in [2.24, 2.45) is 0 Å². The Hall–Kier alpha value is -3.79. The number of nitrogens with zero attached hydrogens (tertiary/aromatic N) is 2. The van der Waals surface area contributed by atoms with Crippen molar-refractivity contribution in [2.75, 3.05) is 18.0 Å². The van der Waals surface area contributed by atoms with Crippen molar-refractivity contribution in [3.8, 4) is 23.3 Å². The fourth-order valence-electron chi connectivity index (χ4n) is 3.16. The van der Waals surface area contributed by atoms with E-state index in [0.717, 1.165) is 30.6 Å². The number of hydrogen-bond donors (Lipinski definition) is 2. The van der Waals surface area contributed by atoms with Crippen molar-refractivity contribution in [1.29, 1.82) is 0 Å². The van der Waals surface area contributed by atoms with Crippen LogP contribution in [0.25, 0.3) is 11.5 Å². The summed E-state index contributed by atoms with van der Waals surface area (Å²) >= 11 is 0. The lowest BCUT2D eigenvalue weighted by Gasteiger charge is -2.26. The normalized spacial score (nSPS) is 13.7. The maximum atomic E-state index is 12.2. The van der Waals surface area contributed by atoms with Crippen LogP contribution in [-0.2, 0) is 4.79 Å². The first-order valence-corrected chi connectivity index (χ1v) is 9.47. The molecular weight excluding hydrogens is 368 g/mol. The molecule has 1 aliphatic heterocycles. The summed E-state index contributed by atoms with van der Waals surface area (Å²) in [6.07, 6.45) is 4.17. The molecule has 146 valence electrons. The zero-order chi connectivity index (χ0) is 20.1. The van der Waals surface area contributed by atoms with Gasteiger partial charge < -0.3 is 14.6 Å². The first kappa shape index (κ1) is 18.6. The van der Waals surface area contributed by atoms with E-state index < -0.39 is 0 Å². The Balaban J connectivity index is 1.31. The number of nitrogens with one attached hydrogen (secondary N) is 2. The summed E-state index contributed by atoms with van der Waals surface area (Å²) in [5, 5.41) is 9.48. The molecule has 1 saturated heterocycles. The molecule has 1 aromatic carbocycles. The van der Waals surface area contributed by atoms with Crippen molar-refractivity contribution in [2.45, 2.75) is 19.3 Å². The number of amides is 2. The lowest BCUT2D eigenvalue weighted by molar-refractivity contribution is -0.119. The van der Waals surface area contributed by atoms with Crippen LogP contribution in [0.3, 0.4) is 0 Å². The van der Waals surface area contributed by atoms with E-state index in [0.29, 0.717) is 17.9 Å². The van der Waals surface area contributed by atoms with Gasteiger partial charge in [-0.25, -0.2) is 0 Å². The van der Waals surface area contributed by atoms with E-state index in [-0.39, 0.29) is 24.1 Å². The van der Waals surface area contributed by atoms with Gasteiger partial charge in [0, 0.05) is 30.3 Å². The monoisotopic (exact) mass is 388 g/mol. The van der Waals surface area contributed by atoms with Crippen LogP contribution in [0.15, 0.2) is 53.1 Å². The van der Waals surface area contributed by atoms with Gasteiger partial charge >= 0.3 is 0 Å². The summed E-state index contributed by atoms with van der Waals surface area (Å²) in [5.41, 5.74) is 2.64. The zero-order valence-electron chi connectivity index (χ0n) is 15.8. The fourth-order valence-corrected chi connectivity index (χ4v) is 3.16. The topological polar surface area (TPSA) is 91.2 Å². The number of hydrogen-bond acceptors (Lipinski definition) is 4. The Morgan fingerprint density at radius 2 is 2.10 bits per heavy atom. The van der Waals surface area contributed by atoms with Gasteiger partial charge in [0.1, 0.15) is 5.69 Å². The van der Waals surface area contributed by atoms with E-state index in [1.807, 2.05) is 29.2 Å². The first-order chi connectivity index (χ1) is 14.2. The van der Waals surface area contributed by atoms with Gasteiger partial charge in [0.2, 0.25) is 5.91 Å². The second-order valence-electron chi connectivity index (χ2n) is 6.68. The smallest absolute Gasteiger partial charge is 0.272 e. The van der Waals surface area contributed by atoms with Crippen molar-refractivity contribution in [1.82, 2.24) is 15.5 Å². The Kier molecular flexibility index (Phi) is 5.43. The summed E-state index contributed by atoms with van der Waals surface area (Å²) in [7, 11) is 0. The number of carbonyl (C=O) groups is 2. The van der Waals surface area contributed by atoms with Crippen molar-refractivity contribution in [3.05, 3.63) is 60.0 Å². The highest BCUT2D eigenvalue weighted by Gasteiger charge is 2.19. The van der Waals surface area contributed by atoms with Gasteiger partial charge in [-0.3, -0.25) is 14.7 Å². The molecule has 3 aromatic rings. The van der Waals surface area contributed by atoms with Gasteiger partial charge in [-0.15, -0.1) is 0 Å². The van der Waals surface area contributed by atoms with Gasteiger partial charge in [-0.05, 0) is 49.2 Å². The van der Waals surface area contributed by atoms with E-state index >= 15 is 0 Å². The molecule has 0 atom stereocenters. The number of aromatic amines is 1. The van der Waals surface area contributed by atoms with Gasteiger partial charge in [0.05, 0.1) is 12.8 Å². The van der Waals surface area contributed by atoms with E-state index in [4.69, 9.17) is 4.42 Å². The first-order valence-electron chi connectivity index (χ1n) is 9.47. The Labute approximate surface area is 168 Å². The molecule has 0 bridgehead atoms. The minimum atomic E-state index is -0.313. The molecule has 2 amide bonds. The standard InChI is InChI=1S/C22H20N4O3/c27-21-7-1-2-13-26(21)17-10-8-16(9-11-17)5-3-12-23-22(28)19-15-18(24-25-19)20-6-4-14-29-20/h4,6,8-11,14-15H,1-2,7,12-13H2,(H,23,28)(H,24,25). The van der Waals surface area contributed by atoms with Crippen LogP contribution in [0.2, 0.25) is 0 Å². The van der Waals surface area contributed by atoms with Crippen LogP contribution in [-0.4, -0.2) is 35.1 Å². The largest absolute Gasteiger partial charge is 0.463 e. The molecule has 0 radical (unpaired) electrons. The summed E-state index contributed by atoms with van der Waals surface area (Å²) in [6.45, 7) is 0.971. The Morgan fingerprint density at radius 1 is 1.24 bits per heavy atom. The van der Waals surface area contributed by atoms with E-state index in [1.165, 1.54) is 0 Å². The minimum absolute atomic E-state index is 0.173. The zero-order valence-corrected chi connectivity index (χ0v) is 15.8. The minimum Gasteiger partial charge on any atom is -0.463 e. The molecule has 1 aliphatic rings. The summed E-state index contributed by atoms with van der Waals surface area (Å²) in [6, 6.07) is 12.8. The van der Waals surface area contributed by atoms with Crippen LogP contribution in [0.5, 0.6) is 0 Å². The quantitative estimate of drug-likeness (QED) is 0.672. The highest BCUT2D eigenvalue weighted by atomic mass is 16.3. The maximum absolute atomic E-state index is 12.2. The number of rotatable bonds is 4. The Bertz CT molecular complexity index is 1060. The molecule has 7 nitrogen and oxygen atoms in total. The highest BCUT2D eigenvalue weighted by Crippen LogP contribution is 2.21. The van der Waals surface area contributed by atoms with Crippen LogP contribution < -0.4 is 10.2 Å². The van der Waals surface area contributed by atoms with Crippen molar-refractivity contribution in [3.63, 3.8) is 0 Å². The molecular formula is C22H20N4O3. The summed E-state index contributed by atoms with van der Waals surface area (Å²) in [4.78, 5) is 26.0. The third-order valence-electron chi connectivity index (χ3n) is 4.67. The Morgan fingerprint density at radius 3 is 2.86 bits per heavy atom. The predicted molar refractivity (Wildman–Crippen MR) is 108 cm³/mol. The number of furan rings is 1. The average Bonchev–Trinajstić information content (AvgIpc) is 3.44. The van der Waals surface area contributed by atoms with E-state index in [9.17, 15) is 9.59 Å². The van der Waals surface area contributed by atoms with E-state index in [1.54, 1.807) is 24.5 Å². The third-order valence-corrected chi connectivity index (χ3v) is 4.67. The molecule has 29 heavy (non-hydrogen) atoms. The second kappa shape index (κ2) is 8.48. The molecule has 2 N–H and O–H groups in total. The van der Waals surface area contributed by atoms with E-state index in [2.05, 4.69) is 27.4 Å². The van der Waals surface area contributed by atoms with Gasteiger partial charge in [0.25, 0.3) is 5.91 Å². The molecule has 2 aromatic heterocycles. The van der Waals surface area contributed by atoms with Gasteiger partial charge in [-0.1, -0.05) is 11.8 Å². The van der Waals surface area contributed by atoms with Gasteiger partial charge in [0.15, 0.2) is 11.5 Å². The lowest BCUT2D eigenvalue weighted by Crippen LogP contribution is -2.35.